The van der Waals surface area contributed by atoms with Crippen molar-refractivity contribution in [3.05, 3.63) is 64.6 Å². The summed E-state index contributed by atoms with van der Waals surface area (Å²) >= 11 is 6.66. The van der Waals surface area contributed by atoms with Gasteiger partial charge in [-0.3, -0.25) is 29.1 Å². The van der Waals surface area contributed by atoms with Crippen LogP contribution in [0.3, 0.4) is 0 Å². The van der Waals surface area contributed by atoms with Gasteiger partial charge < -0.3 is 23.9 Å². The van der Waals surface area contributed by atoms with Gasteiger partial charge in [0, 0.05) is 57.6 Å². The number of carbonyl (C=O) groups excluding carboxylic acids is 3. The van der Waals surface area contributed by atoms with Crippen LogP contribution in [0, 0.1) is 17.7 Å². The molecule has 1 N–H and O–H groups in total. The molecule has 0 spiro atoms. The zero-order valence-corrected chi connectivity index (χ0v) is 30.5. The first-order chi connectivity index (χ1) is 25.2. The fourth-order valence-corrected chi connectivity index (χ4v) is 8.46. The molecule has 11 nitrogen and oxygen atoms in total. The molecule has 1 atom stereocenters. The van der Waals surface area contributed by atoms with Gasteiger partial charge >= 0.3 is 5.97 Å². The average Bonchev–Trinajstić information content (AvgIpc) is 3.83. The monoisotopic (exact) mass is 738 g/mol. The Morgan fingerprint density at radius 1 is 1.00 bits per heavy atom. The fourth-order valence-electron chi connectivity index (χ4n) is 8.23. The van der Waals surface area contributed by atoms with Gasteiger partial charge in [-0.25, -0.2) is 4.39 Å². The fraction of sp³-hybridized carbons (Fsp3) is 0.564. The molecule has 7 rings (SSSR count). The van der Waals surface area contributed by atoms with Gasteiger partial charge in [0.05, 0.1) is 48.1 Å². The van der Waals surface area contributed by atoms with Gasteiger partial charge in [0.15, 0.2) is 5.78 Å². The van der Waals surface area contributed by atoms with Crippen LogP contribution in [0.25, 0.3) is 11.0 Å². The van der Waals surface area contributed by atoms with Gasteiger partial charge in [0.1, 0.15) is 17.7 Å². The number of ether oxygens (including phenoxy) is 3. The number of Topliss-reactive ketones (excluding diaryl/α,β-unsaturated/α-hetero) is 1. The maximum Gasteiger partial charge on any atom is 0.308 e. The molecule has 4 fully saturated rings. The molecule has 1 unspecified atom stereocenters. The Labute approximate surface area is 308 Å². The summed E-state index contributed by atoms with van der Waals surface area (Å²) in [5.74, 6) is -2.76. The average molecular weight is 739 g/mol. The predicted molar refractivity (Wildman–Crippen MR) is 194 cm³/mol. The molecule has 1 aliphatic carbocycles. The summed E-state index contributed by atoms with van der Waals surface area (Å²) in [6, 6.07) is 9.74. The Morgan fingerprint density at radius 2 is 1.73 bits per heavy atom. The van der Waals surface area contributed by atoms with Crippen molar-refractivity contribution < 1.29 is 37.4 Å². The lowest BCUT2D eigenvalue weighted by Crippen LogP contribution is -2.73. The van der Waals surface area contributed by atoms with Gasteiger partial charge in [-0.15, -0.1) is 0 Å². The van der Waals surface area contributed by atoms with Crippen molar-refractivity contribution in [2.45, 2.75) is 63.8 Å². The Balaban J connectivity index is 1.12. The third-order valence-electron chi connectivity index (χ3n) is 11.0. The number of hydrogen-bond acceptors (Lipinski definition) is 10. The van der Waals surface area contributed by atoms with E-state index in [-0.39, 0.29) is 46.5 Å². The van der Waals surface area contributed by atoms with Crippen molar-refractivity contribution in [1.29, 1.82) is 0 Å². The Kier molecular flexibility index (Phi) is 11.6. The number of furan rings is 1. The number of hydrogen-bond donors (Lipinski definition) is 1. The molecular formula is C39H48ClFN4O7. The van der Waals surface area contributed by atoms with Gasteiger partial charge in [0.2, 0.25) is 5.85 Å². The molecular weight excluding hydrogens is 691 g/mol. The molecule has 1 amide bonds. The van der Waals surface area contributed by atoms with Crippen molar-refractivity contribution in [1.82, 2.24) is 14.7 Å². The molecule has 1 aromatic heterocycles. The van der Waals surface area contributed by atoms with Gasteiger partial charge in [-0.05, 0) is 75.1 Å². The molecule has 4 aliphatic rings. The highest BCUT2D eigenvalue weighted by molar-refractivity contribution is 6.34. The molecule has 2 aromatic carbocycles. The minimum atomic E-state index is -1.38. The van der Waals surface area contributed by atoms with Crippen LogP contribution in [0.5, 0.6) is 0 Å². The highest BCUT2D eigenvalue weighted by atomic mass is 35.5. The van der Waals surface area contributed by atoms with E-state index in [4.69, 9.17) is 30.2 Å². The zero-order valence-electron chi connectivity index (χ0n) is 29.7. The van der Waals surface area contributed by atoms with Crippen LogP contribution in [0.1, 0.15) is 61.4 Å². The lowest BCUT2D eigenvalue weighted by atomic mass is 9.87. The molecule has 0 radical (unpaired) electrons. The Hall–Kier alpha value is -3.39. The minimum Gasteiger partial charge on any atom is -0.466 e. The summed E-state index contributed by atoms with van der Waals surface area (Å²) in [7, 11) is 0. The van der Waals surface area contributed by atoms with E-state index in [1.54, 1.807) is 18.2 Å². The second-order valence-electron chi connectivity index (χ2n) is 14.5. The summed E-state index contributed by atoms with van der Waals surface area (Å²) in [4.78, 5) is 47.3. The normalized spacial score (nSPS) is 23.3. The number of nitrogens with one attached hydrogen (secondary N) is 1. The number of fused-ring (bicyclic) bond motifs is 1. The molecule has 3 saturated heterocycles. The second-order valence-corrected chi connectivity index (χ2v) is 14.9. The number of carbonyl (C=O) groups is 3. The highest BCUT2D eigenvalue weighted by Crippen LogP contribution is 2.40. The van der Waals surface area contributed by atoms with E-state index in [1.165, 1.54) is 18.4 Å². The van der Waals surface area contributed by atoms with E-state index in [9.17, 15) is 14.4 Å². The number of anilines is 1. The van der Waals surface area contributed by atoms with E-state index in [0.29, 0.717) is 80.9 Å². The predicted octanol–water partition coefficient (Wildman–Crippen LogP) is 5.74. The molecule has 0 bridgehead atoms. The van der Waals surface area contributed by atoms with Crippen LogP contribution >= 0.6 is 11.6 Å². The third-order valence-corrected chi connectivity index (χ3v) is 11.3. The van der Waals surface area contributed by atoms with Gasteiger partial charge in [-0.1, -0.05) is 29.8 Å². The van der Waals surface area contributed by atoms with Gasteiger partial charge in [-0.2, -0.15) is 0 Å². The van der Waals surface area contributed by atoms with Crippen LogP contribution < -0.4 is 5.32 Å². The summed E-state index contributed by atoms with van der Waals surface area (Å²) in [5.41, 5.74) is 1.09. The van der Waals surface area contributed by atoms with Crippen LogP contribution in [0.2, 0.25) is 5.02 Å². The number of likely N-dealkylation sites (tertiary alicyclic amines) is 2. The van der Waals surface area contributed by atoms with E-state index in [2.05, 4.69) is 20.0 Å². The van der Waals surface area contributed by atoms with Crippen molar-refractivity contribution >= 4 is 45.9 Å². The third kappa shape index (κ3) is 7.78. The lowest BCUT2D eigenvalue weighted by Gasteiger charge is -2.56. The number of rotatable bonds is 13. The SMILES string of the molecule is CCOC(=O)[C@H]1CC[C@H](OC(C(=O)Cc2cc(Cl)c(NC(=O)c3coc4ccccc34)cc2F)(N2CCCC2)N2CC(CN3CCOCC3)C2)CC1. The number of ketones is 1. The molecule has 1 saturated carbocycles. The van der Waals surface area contributed by atoms with Crippen molar-refractivity contribution in [2.75, 3.05) is 71.0 Å². The summed E-state index contributed by atoms with van der Waals surface area (Å²) in [6.07, 6.45) is 5.22. The number of morpholine rings is 1. The van der Waals surface area contributed by atoms with Crippen LogP contribution in [-0.2, 0) is 30.2 Å². The van der Waals surface area contributed by atoms with Crippen LogP contribution in [0.15, 0.2) is 47.1 Å². The number of esters is 1. The van der Waals surface area contributed by atoms with Crippen LogP contribution in [0.4, 0.5) is 10.1 Å². The lowest BCUT2D eigenvalue weighted by molar-refractivity contribution is -0.276. The standard InChI is InChI=1S/C39H48ClFN4O7/c1-2-50-38(48)27-9-11-29(12-10-27)52-39(44-13-5-6-14-44,45-23-26(24-45)22-43-15-17-49-18-16-43)36(46)20-28-19-32(40)34(21-33(28)41)42-37(47)31-25-51-35-8-4-3-7-30(31)35/h3-4,7-8,19,21,25-27,29H,2,5-6,9-18,20,22-24H2,1H3,(H,42,47)/t27-,29-,39?. The minimum absolute atomic E-state index is 0.0970. The van der Waals surface area contributed by atoms with E-state index >= 15 is 4.39 Å². The van der Waals surface area contributed by atoms with E-state index < -0.39 is 17.6 Å². The quantitative estimate of drug-likeness (QED) is 0.218. The van der Waals surface area contributed by atoms with Crippen LogP contribution in [-0.4, -0.2) is 110 Å². The highest BCUT2D eigenvalue weighted by Gasteiger charge is 2.56. The first kappa shape index (κ1) is 36.9. The maximum absolute atomic E-state index is 16.0. The van der Waals surface area contributed by atoms with E-state index in [0.717, 1.165) is 45.7 Å². The van der Waals surface area contributed by atoms with Crippen molar-refractivity contribution in [3.63, 3.8) is 0 Å². The van der Waals surface area contributed by atoms with Crippen molar-refractivity contribution in [2.24, 2.45) is 11.8 Å². The number of halogens is 2. The second kappa shape index (κ2) is 16.3. The first-order valence-corrected chi connectivity index (χ1v) is 19.1. The molecule has 13 heteroatoms. The molecule has 3 aliphatic heterocycles. The number of benzene rings is 2. The molecule has 52 heavy (non-hydrogen) atoms. The number of nitrogens with zero attached hydrogens (tertiary/aromatic N) is 3. The topological polar surface area (TPSA) is 114 Å². The Bertz CT molecular complexity index is 1750. The number of para-hydroxylation sites is 1. The summed E-state index contributed by atoms with van der Waals surface area (Å²) in [5, 5.41) is 3.45. The largest absolute Gasteiger partial charge is 0.466 e. The van der Waals surface area contributed by atoms with E-state index in [1.807, 2.05) is 13.0 Å². The molecule has 280 valence electrons. The number of amides is 1. The van der Waals surface area contributed by atoms with Gasteiger partial charge in [0.25, 0.3) is 5.91 Å². The molecule has 3 aromatic rings. The smallest absolute Gasteiger partial charge is 0.308 e. The van der Waals surface area contributed by atoms with Crippen molar-refractivity contribution in [3.8, 4) is 0 Å². The first-order valence-electron chi connectivity index (χ1n) is 18.7. The maximum atomic E-state index is 16.0. The molecule has 4 heterocycles. The summed E-state index contributed by atoms with van der Waals surface area (Å²) < 4.78 is 39.3. The zero-order chi connectivity index (χ0) is 36.2. The Morgan fingerprint density at radius 3 is 2.46 bits per heavy atom. The summed E-state index contributed by atoms with van der Waals surface area (Å²) in [6.45, 7) is 9.02.